The van der Waals surface area contributed by atoms with E-state index in [1.165, 1.54) is 19.2 Å². The number of hydrogen-bond acceptors (Lipinski definition) is 8. The number of ether oxygens (including phenoxy) is 2. The quantitative estimate of drug-likeness (QED) is 0.553. The number of aromatic nitrogens is 2. The van der Waals surface area contributed by atoms with Crippen molar-refractivity contribution in [1.29, 1.82) is 0 Å². The highest BCUT2D eigenvalue weighted by atomic mass is 32.2. The van der Waals surface area contributed by atoms with Gasteiger partial charge in [-0.1, -0.05) is 17.3 Å². The third kappa shape index (κ3) is 5.06. The number of hydrogen-bond donors (Lipinski definition) is 2. The van der Waals surface area contributed by atoms with Gasteiger partial charge >= 0.3 is 0 Å². The zero-order valence-corrected chi connectivity index (χ0v) is 17.3. The van der Waals surface area contributed by atoms with Gasteiger partial charge < -0.3 is 19.3 Å². The van der Waals surface area contributed by atoms with E-state index in [1.54, 1.807) is 37.4 Å². The van der Waals surface area contributed by atoms with Crippen LogP contribution >= 0.6 is 0 Å². The summed E-state index contributed by atoms with van der Waals surface area (Å²) in [5.74, 6) is 1.09. The van der Waals surface area contributed by atoms with Crippen molar-refractivity contribution in [1.82, 2.24) is 15.5 Å². The molecule has 1 aromatic heterocycles. The molecule has 0 aliphatic rings. The van der Waals surface area contributed by atoms with Gasteiger partial charge in [-0.05, 0) is 24.3 Å². The third-order valence-corrected chi connectivity index (χ3v) is 4.58. The Morgan fingerprint density at radius 3 is 2.60 bits per heavy atom. The van der Waals surface area contributed by atoms with Gasteiger partial charge in [-0.3, -0.25) is 9.52 Å². The molecule has 158 valence electrons. The molecule has 0 fully saturated rings. The van der Waals surface area contributed by atoms with E-state index in [9.17, 15) is 13.2 Å². The van der Waals surface area contributed by atoms with E-state index < -0.39 is 15.9 Å². The lowest BCUT2D eigenvalue weighted by molar-refractivity contribution is 0.0947. The molecule has 3 rings (SSSR count). The lowest BCUT2D eigenvalue weighted by Gasteiger charge is -2.10. The van der Waals surface area contributed by atoms with Crippen molar-refractivity contribution in [3.8, 4) is 22.9 Å². The molecule has 1 heterocycles. The number of benzene rings is 2. The zero-order valence-electron chi connectivity index (χ0n) is 16.5. The molecule has 0 unspecified atom stereocenters. The maximum absolute atomic E-state index is 12.5. The van der Waals surface area contributed by atoms with Crippen LogP contribution in [-0.4, -0.2) is 44.9 Å². The average molecular weight is 432 g/mol. The molecule has 30 heavy (non-hydrogen) atoms. The van der Waals surface area contributed by atoms with Crippen molar-refractivity contribution in [3.05, 3.63) is 53.9 Å². The van der Waals surface area contributed by atoms with E-state index in [0.29, 0.717) is 17.1 Å². The van der Waals surface area contributed by atoms with Gasteiger partial charge in [0.25, 0.3) is 5.91 Å². The highest BCUT2D eigenvalue weighted by Gasteiger charge is 2.17. The Labute approximate surface area is 173 Å². The molecule has 3 aromatic rings. The van der Waals surface area contributed by atoms with Gasteiger partial charge in [0.1, 0.15) is 11.5 Å². The number of sulfonamides is 1. The summed E-state index contributed by atoms with van der Waals surface area (Å²) in [7, 11) is -0.467. The summed E-state index contributed by atoms with van der Waals surface area (Å²) < 4.78 is 41.0. The second kappa shape index (κ2) is 8.82. The van der Waals surface area contributed by atoms with Gasteiger partial charge in [0.2, 0.25) is 21.7 Å². The predicted molar refractivity (Wildman–Crippen MR) is 109 cm³/mol. The van der Waals surface area contributed by atoms with Gasteiger partial charge in [0.15, 0.2) is 0 Å². The van der Waals surface area contributed by atoms with Crippen LogP contribution in [0.2, 0.25) is 0 Å². The molecule has 0 spiro atoms. The van der Waals surface area contributed by atoms with Gasteiger partial charge in [0.05, 0.1) is 43.8 Å². The number of amides is 1. The minimum absolute atomic E-state index is 0.0441. The fourth-order valence-electron chi connectivity index (χ4n) is 2.64. The number of nitrogens with zero attached hydrogens (tertiary/aromatic N) is 2. The van der Waals surface area contributed by atoms with Gasteiger partial charge in [-0.25, -0.2) is 8.42 Å². The van der Waals surface area contributed by atoms with Crippen molar-refractivity contribution in [2.24, 2.45) is 0 Å². The van der Waals surface area contributed by atoms with Crippen molar-refractivity contribution in [2.45, 2.75) is 6.54 Å². The van der Waals surface area contributed by atoms with Crippen LogP contribution in [0, 0.1) is 0 Å². The molecule has 0 aliphatic carbocycles. The van der Waals surface area contributed by atoms with Gasteiger partial charge in [-0.15, -0.1) is 0 Å². The Hall–Kier alpha value is -3.60. The predicted octanol–water partition coefficient (Wildman–Crippen LogP) is 2.06. The lowest BCUT2D eigenvalue weighted by Crippen LogP contribution is -2.24. The number of carbonyl (C=O) groups excluding carboxylic acids is 1. The molecule has 0 saturated carbocycles. The first-order valence-electron chi connectivity index (χ1n) is 8.70. The summed E-state index contributed by atoms with van der Waals surface area (Å²) in [6.45, 7) is -0.0441. The molecule has 2 aromatic carbocycles. The van der Waals surface area contributed by atoms with Gasteiger partial charge in [-0.2, -0.15) is 4.98 Å². The van der Waals surface area contributed by atoms with E-state index in [4.69, 9.17) is 14.0 Å². The molecule has 0 aliphatic heterocycles. The van der Waals surface area contributed by atoms with E-state index in [2.05, 4.69) is 20.2 Å². The summed E-state index contributed by atoms with van der Waals surface area (Å²) in [6.07, 6.45) is 1.01. The second-order valence-corrected chi connectivity index (χ2v) is 7.93. The molecule has 11 heteroatoms. The minimum atomic E-state index is -3.53. The summed E-state index contributed by atoms with van der Waals surface area (Å²) in [5.41, 5.74) is 0.938. The number of anilines is 1. The fourth-order valence-corrected chi connectivity index (χ4v) is 3.22. The lowest BCUT2D eigenvalue weighted by atomic mass is 10.1. The molecule has 0 saturated heterocycles. The smallest absolute Gasteiger partial charge is 0.253 e. The molecule has 1 amide bonds. The van der Waals surface area contributed by atoms with Crippen molar-refractivity contribution >= 4 is 21.6 Å². The normalized spacial score (nSPS) is 11.0. The first-order valence-corrected chi connectivity index (χ1v) is 10.6. The fraction of sp³-hybridized carbons (Fsp3) is 0.211. The van der Waals surface area contributed by atoms with Crippen LogP contribution in [-0.2, 0) is 16.6 Å². The van der Waals surface area contributed by atoms with Crippen LogP contribution in [0.15, 0.2) is 47.0 Å². The maximum atomic E-state index is 12.5. The minimum Gasteiger partial charge on any atom is -0.497 e. The summed E-state index contributed by atoms with van der Waals surface area (Å²) in [4.78, 5) is 16.8. The van der Waals surface area contributed by atoms with E-state index >= 15 is 0 Å². The average Bonchev–Trinajstić information content (AvgIpc) is 3.19. The van der Waals surface area contributed by atoms with Crippen LogP contribution in [0.1, 0.15) is 16.2 Å². The number of carbonyl (C=O) groups is 1. The summed E-state index contributed by atoms with van der Waals surface area (Å²) in [5, 5.41) is 6.55. The highest BCUT2D eigenvalue weighted by Crippen LogP contribution is 2.31. The van der Waals surface area contributed by atoms with Gasteiger partial charge in [0, 0.05) is 6.07 Å². The molecular weight excluding hydrogens is 412 g/mol. The number of para-hydroxylation sites is 1. The maximum Gasteiger partial charge on any atom is 0.253 e. The Kier molecular flexibility index (Phi) is 6.21. The Morgan fingerprint density at radius 1 is 1.13 bits per heavy atom. The number of nitrogens with one attached hydrogen (secondary N) is 2. The largest absolute Gasteiger partial charge is 0.497 e. The van der Waals surface area contributed by atoms with E-state index in [-0.39, 0.29) is 29.5 Å². The molecule has 0 bridgehead atoms. The van der Waals surface area contributed by atoms with Crippen LogP contribution in [0.5, 0.6) is 11.5 Å². The highest BCUT2D eigenvalue weighted by molar-refractivity contribution is 7.92. The number of rotatable bonds is 8. The Balaban J connectivity index is 1.73. The monoisotopic (exact) mass is 432 g/mol. The van der Waals surface area contributed by atoms with Crippen LogP contribution in [0.3, 0.4) is 0 Å². The van der Waals surface area contributed by atoms with Crippen molar-refractivity contribution in [3.63, 3.8) is 0 Å². The Bertz CT molecular complexity index is 1160. The first kappa shape index (κ1) is 21.1. The Morgan fingerprint density at radius 2 is 1.90 bits per heavy atom. The first-order chi connectivity index (χ1) is 14.3. The second-order valence-electron chi connectivity index (χ2n) is 6.18. The molecule has 0 atom stereocenters. The molecular formula is C19H20N4O6S. The topological polar surface area (TPSA) is 133 Å². The molecule has 0 radical (unpaired) electrons. The number of methoxy groups -OCH3 is 2. The third-order valence-electron chi connectivity index (χ3n) is 3.98. The zero-order chi connectivity index (χ0) is 21.7. The van der Waals surface area contributed by atoms with Crippen molar-refractivity contribution < 1.29 is 27.2 Å². The summed E-state index contributed by atoms with van der Waals surface area (Å²) in [6, 6.07) is 11.4. The van der Waals surface area contributed by atoms with Crippen LogP contribution < -0.4 is 19.5 Å². The molecule has 10 nitrogen and oxygen atoms in total. The molecule has 2 N–H and O–H groups in total. The van der Waals surface area contributed by atoms with Crippen molar-refractivity contribution in [2.75, 3.05) is 25.2 Å². The van der Waals surface area contributed by atoms with E-state index in [0.717, 1.165) is 6.26 Å². The standard InChI is InChI=1S/C19H20N4O6S/c1-27-12-8-9-14(16(10-12)28-2)18-21-17(29-22-18)11-20-19(24)13-6-4-5-7-15(13)23-30(3,25)26/h4-10,23H,11H2,1-3H3,(H,20,24). The van der Waals surface area contributed by atoms with E-state index in [1.807, 2.05) is 0 Å². The summed E-state index contributed by atoms with van der Waals surface area (Å²) >= 11 is 0. The SMILES string of the molecule is COc1ccc(-c2noc(CNC(=O)c3ccccc3NS(C)(=O)=O)n2)c(OC)c1. The van der Waals surface area contributed by atoms with Crippen LogP contribution in [0.4, 0.5) is 5.69 Å². The van der Waals surface area contributed by atoms with Crippen LogP contribution in [0.25, 0.3) is 11.4 Å².